The molecule has 1 atom stereocenters. The second kappa shape index (κ2) is 15.4. The topological polar surface area (TPSA) is 147 Å². The maximum Gasteiger partial charge on any atom is 0.327 e. The van der Waals surface area contributed by atoms with Crippen LogP contribution < -0.4 is 5.32 Å². The summed E-state index contributed by atoms with van der Waals surface area (Å²) in [4.78, 5) is 29.7. The van der Waals surface area contributed by atoms with Gasteiger partial charge in [-0.3, -0.25) is 14.1 Å². The highest BCUT2D eigenvalue weighted by Crippen LogP contribution is 2.01. The Morgan fingerprint density at radius 2 is 1.67 bits per heavy atom. The molecule has 0 fully saturated rings. The molecule has 0 aliphatic rings. The number of rotatable bonds is 7. The number of amides is 1. The summed E-state index contributed by atoms with van der Waals surface area (Å²) in [6.45, 7) is 12.2. The minimum Gasteiger partial charge on any atom is -0.478 e. The summed E-state index contributed by atoms with van der Waals surface area (Å²) < 4.78 is 34.1. The van der Waals surface area contributed by atoms with Crippen LogP contribution in [0.2, 0.25) is 0 Å². The van der Waals surface area contributed by atoms with Crippen molar-refractivity contribution in [3.05, 3.63) is 38.2 Å². The van der Waals surface area contributed by atoms with E-state index in [4.69, 9.17) is 9.66 Å². The van der Waals surface area contributed by atoms with E-state index < -0.39 is 27.2 Å². The van der Waals surface area contributed by atoms with Crippen molar-refractivity contribution in [3.8, 4) is 0 Å². The Balaban J connectivity index is -0.000000332. The van der Waals surface area contributed by atoms with E-state index in [0.29, 0.717) is 0 Å². The first-order valence-electron chi connectivity index (χ1n) is 6.46. The summed E-state index contributed by atoms with van der Waals surface area (Å²) in [5.74, 6) is -1.77. The van der Waals surface area contributed by atoms with Crippen LogP contribution >= 0.6 is 0 Å². The van der Waals surface area contributed by atoms with Crippen LogP contribution in [-0.4, -0.2) is 47.7 Å². The monoisotopic (exact) mass is 365 g/mol. The minimum absolute atomic E-state index is 0.0970. The fourth-order valence-electron chi connectivity index (χ4n) is 0.864. The molecule has 1 amide bonds. The molecule has 24 heavy (non-hydrogen) atoms. The molecule has 0 aromatic rings. The first-order chi connectivity index (χ1) is 11.0. The van der Waals surface area contributed by atoms with Crippen molar-refractivity contribution in [2.45, 2.75) is 25.5 Å². The zero-order valence-corrected chi connectivity index (χ0v) is 14.4. The largest absolute Gasteiger partial charge is 0.478 e. The smallest absolute Gasteiger partial charge is 0.327 e. The zero-order valence-electron chi connectivity index (χ0n) is 13.6. The predicted molar refractivity (Wildman–Crippen MR) is 88.6 cm³/mol. The number of carbonyl (C=O) groups excluding carboxylic acids is 2. The lowest BCUT2D eigenvalue weighted by Crippen LogP contribution is -2.35. The molecular formula is C14H23NO8S. The van der Waals surface area contributed by atoms with Crippen LogP contribution in [0.25, 0.3) is 0 Å². The first-order valence-corrected chi connectivity index (χ1v) is 7.96. The Labute approximate surface area is 141 Å². The van der Waals surface area contributed by atoms with Crippen molar-refractivity contribution in [1.82, 2.24) is 5.32 Å². The fourth-order valence-corrected chi connectivity index (χ4v) is 1.58. The quantitative estimate of drug-likeness (QED) is 0.261. The van der Waals surface area contributed by atoms with Gasteiger partial charge in [0.2, 0.25) is 5.91 Å². The molecule has 0 aliphatic carbocycles. The van der Waals surface area contributed by atoms with Gasteiger partial charge < -0.3 is 15.2 Å². The lowest BCUT2D eigenvalue weighted by molar-refractivity contribution is -0.135. The lowest BCUT2D eigenvalue weighted by Gasteiger charge is -2.10. The molecule has 1 unspecified atom stereocenters. The second-order valence-electron chi connectivity index (χ2n) is 3.81. The van der Waals surface area contributed by atoms with E-state index in [0.717, 1.165) is 18.4 Å². The Morgan fingerprint density at radius 1 is 1.21 bits per heavy atom. The van der Waals surface area contributed by atoms with E-state index >= 15 is 0 Å². The van der Waals surface area contributed by atoms with Crippen LogP contribution in [0.1, 0.15) is 20.3 Å². The molecule has 0 radical (unpaired) electrons. The van der Waals surface area contributed by atoms with Crippen molar-refractivity contribution in [2.24, 2.45) is 0 Å². The summed E-state index contributed by atoms with van der Waals surface area (Å²) >= 11 is 0. The van der Waals surface area contributed by atoms with Gasteiger partial charge in [-0.2, -0.15) is 8.42 Å². The zero-order chi connectivity index (χ0) is 19.8. The first kappa shape index (κ1) is 26.4. The summed E-state index contributed by atoms with van der Waals surface area (Å²) in [5, 5.41) is 8.95. The van der Waals surface area contributed by atoms with Gasteiger partial charge in [0.15, 0.2) is 0 Å². The van der Waals surface area contributed by atoms with Crippen molar-refractivity contribution >= 4 is 28.0 Å². The Bertz CT molecular complexity index is 539. The van der Waals surface area contributed by atoms with Gasteiger partial charge in [0, 0.05) is 19.5 Å². The average Bonchev–Trinajstić information content (AvgIpc) is 2.47. The molecule has 0 aliphatic heterocycles. The molecule has 138 valence electrons. The number of hydrogen-bond acceptors (Lipinski definition) is 6. The SMILES string of the molecule is C=CC(=O)NCC(CC)S(=O)(=O)O.C=CC(=O)O.C=COC(C)=O. The van der Waals surface area contributed by atoms with Gasteiger partial charge >= 0.3 is 11.9 Å². The number of carboxylic acid groups (broad SMARTS) is 1. The van der Waals surface area contributed by atoms with Crippen molar-refractivity contribution in [2.75, 3.05) is 6.54 Å². The van der Waals surface area contributed by atoms with Crippen molar-refractivity contribution in [1.29, 1.82) is 0 Å². The lowest BCUT2D eigenvalue weighted by atomic mass is 10.3. The Morgan fingerprint density at radius 3 is 1.83 bits per heavy atom. The van der Waals surface area contributed by atoms with E-state index in [-0.39, 0.29) is 18.9 Å². The Hall–Kier alpha value is -2.46. The predicted octanol–water partition coefficient (Wildman–Crippen LogP) is 0.905. The number of nitrogens with one attached hydrogen (secondary N) is 1. The van der Waals surface area contributed by atoms with E-state index in [1.165, 1.54) is 6.92 Å². The summed E-state index contributed by atoms with van der Waals surface area (Å²) in [6.07, 6.45) is 3.22. The van der Waals surface area contributed by atoms with E-state index in [2.05, 4.69) is 29.8 Å². The van der Waals surface area contributed by atoms with Crippen LogP contribution in [0, 0.1) is 0 Å². The molecule has 0 saturated carbocycles. The molecule has 0 spiro atoms. The number of aliphatic carboxylic acids is 1. The van der Waals surface area contributed by atoms with Gasteiger partial charge in [-0.1, -0.05) is 26.7 Å². The molecule has 9 nitrogen and oxygen atoms in total. The van der Waals surface area contributed by atoms with Gasteiger partial charge in [-0.15, -0.1) is 0 Å². The summed E-state index contributed by atoms with van der Waals surface area (Å²) in [6, 6.07) is 0. The van der Waals surface area contributed by atoms with Gasteiger partial charge in [0.25, 0.3) is 10.1 Å². The normalized spacial score (nSPS) is 10.3. The third kappa shape index (κ3) is 21.8. The third-order valence-corrected chi connectivity index (χ3v) is 3.33. The van der Waals surface area contributed by atoms with Crippen LogP contribution in [0.15, 0.2) is 38.2 Å². The molecule has 0 rings (SSSR count). The molecular weight excluding hydrogens is 342 g/mol. The summed E-state index contributed by atoms with van der Waals surface area (Å²) in [7, 11) is -4.07. The number of hydrogen-bond donors (Lipinski definition) is 3. The van der Waals surface area contributed by atoms with Crippen LogP contribution in [-0.2, 0) is 29.2 Å². The molecule has 3 N–H and O–H groups in total. The maximum atomic E-state index is 10.7. The molecule has 0 heterocycles. The standard InChI is InChI=1S/C7H13NO4S.C4H6O2.C3H4O2/c1-3-6(13(10,11)12)5-8-7(9)4-2;1-3-6-4(2)5;1-2-3(4)5/h4,6H,2-3,5H2,1H3,(H,8,9)(H,10,11,12);3H,1H2,2H3;2H,1H2,(H,4,5). The minimum atomic E-state index is -4.07. The molecule has 10 heteroatoms. The van der Waals surface area contributed by atoms with Crippen LogP contribution in [0.5, 0.6) is 0 Å². The fraction of sp³-hybridized carbons (Fsp3) is 0.357. The number of ether oxygens (including phenoxy) is 1. The number of carbonyl (C=O) groups is 3. The van der Waals surface area contributed by atoms with E-state index in [9.17, 15) is 22.8 Å². The highest BCUT2D eigenvalue weighted by atomic mass is 32.2. The molecule has 0 aromatic heterocycles. The van der Waals surface area contributed by atoms with Gasteiger partial charge in [0.1, 0.15) is 5.25 Å². The highest BCUT2D eigenvalue weighted by Gasteiger charge is 2.20. The number of carboxylic acids is 1. The number of esters is 1. The molecule has 0 saturated heterocycles. The van der Waals surface area contributed by atoms with Gasteiger partial charge in [-0.05, 0) is 12.5 Å². The van der Waals surface area contributed by atoms with Gasteiger partial charge in [0.05, 0.1) is 6.26 Å². The Kier molecular flexibility index (Phi) is 17.0. The van der Waals surface area contributed by atoms with Gasteiger partial charge in [-0.25, -0.2) is 4.79 Å². The van der Waals surface area contributed by atoms with E-state index in [1.807, 2.05) is 0 Å². The van der Waals surface area contributed by atoms with Crippen LogP contribution in [0.3, 0.4) is 0 Å². The summed E-state index contributed by atoms with van der Waals surface area (Å²) in [5.41, 5.74) is 0. The second-order valence-corrected chi connectivity index (χ2v) is 5.51. The maximum absolute atomic E-state index is 10.7. The van der Waals surface area contributed by atoms with Crippen molar-refractivity contribution in [3.63, 3.8) is 0 Å². The highest BCUT2D eigenvalue weighted by molar-refractivity contribution is 7.86. The average molecular weight is 365 g/mol. The van der Waals surface area contributed by atoms with Crippen LogP contribution in [0.4, 0.5) is 0 Å². The molecule has 0 bridgehead atoms. The van der Waals surface area contributed by atoms with Crippen molar-refractivity contribution < 1.29 is 37.2 Å². The third-order valence-electron chi connectivity index (χ3n) is 1.99. The molecule has 0 aromatic carbocycles. The van der Waals surface area contributed by atoms with E-state index in [1.54, 1.807) is 6.92 Å².